The van der Waals surface area contributed by atoms with Crippen LogP contribution in [0.3, 0.4) is 0 Å². The molecule has 0 aliphatic carbocycles. The van der Waals surface area contributed by atoms with E-state index in [1.165, 1.54) is 4.90 Å². The molecular formula is C17H24N2O4. The van der Waals surface area contributed by atoms with Gasteiger partial charge >= 0.3 is 5.97 Å². The Morgan fingerprint density at radius 2 is 1.61 bits per heavy atom. The smallest absolute Gasteiger partial charge is 0.308 e. The van der Waals surface area contributed by atoms with E-state index < -0.39 is 11.9 Å². The van der Waals surface area contributed by atoms with Crippen LogP contribution in [0.15, 0.2) is 24.3 Å². The van der Waals surface area contributed by atoms with Crippen molar-refractivity contribution in [3.8, 4) is 0 Å². The summed E-state index contributed by atoms with van der Waals surface area (Å²) in [5.41, 5.74) is 0.892. The van der Waals surface area contributed by atoms with E-state index in [-0.39, 0.29) is 24.3 Å². The van der Waals surface area contributed by atoms with E-state index in [0.717, 1.165) is 0 Å². The Bertz CT molecular complexity index is 564. The van der Waals surface area contributed by atoms with Crippen molar-refractivity contribution in [1.29, 1.82) is 0 Å². The van der Waals surface area contributed by atoms with Crippen molar-refractivity contribution < 1.29 is 19.5 Å². The lowest BCUT2D eigenvalue weighted by atomic mass is 9.97. The first-order chi connectivity index (χ1) is 10.7. The molecular weight excluding hydrogens is 296 g/mol. The Morgan fingerprint density at radius 3 is 2.04 bits per heavy atom. The number of benzene rings is 1. The normalized spacial score (nSPS) is 11.9. The number of carbonyl (C=O) groups is 3. The first kappa shape index (κ1) is 18.7. The fourth-order valence-corrected chi connectivity index (χ4v) is 2.18. The van der Waals surface area contributed by atoms with Crippen LogP contribution in [0.2, 0.25) is 0 Å². The lowest BCUT2D eigenvalue weighted by molar-refractivity contribution is -0.142. The summed E-state index contributed by atoms with van der Waals surface area (Å²) in [5.74, 6) is -1.76. The standard InChI is InChI=1S/C17H24N2O4/c1-11(2)9-14(17(22)23)10-18-15(20)12-5-7-13(8-6-12)16(21)19(3)4/h5-8,11,14H,9-10H2,1-4H3,(H,18,20)(H,22,23). The van der Waals surface area contributed by atoms with Crippen molar-refractivity contribution in [1.82, 2.24) is 10.2 Å². The number of hydrogen-bond acceptors (Lipinski definition) is 3. The summed E-state index contributed by atoms with van der Waals surface area (Å²) in [6, 6.07) is 6.29. The average molecular weight is 320 g/mol. The van der Waals surface area contributed by atoms with E-state index in [0.29, 0.717) is 17.5 Å². The van der Waals surface area contributed by atoms with E-state index in [2.05, 4.69) is 5.32 Å². The molecule has 0 saturated heterocycles. The van der Waals surface area contributed by atoms with Gasteiger partial charge in [0, 0.05) is 31.8 Å². The minimum absolute atomic E-state index is 0.0880. The monoisotopic (exact) mass is 320 g/mol. The molecule has 2 amide bonds. The van der Waals surface area contributed by atoms with Crippen molar-refractivity contribution in [2.75, 3.05) is 20.6 Å². The fourth-order valence-electron chi connectivity index (χ4n) is 2.18. The van der Waals surface area contributed by atoms with Gasteiger partial charge in [0.2, 0.25) is 0 Å². The van der Waals surface area contributed by atoms with Gasteiger partial charge in [0.15, 0.2) is 0 Å². The zero-order valence-corrected chi connectivity index (χ0v) is 14.0. The van der Waals surface area contributed by atoms with Crippen molar-refractivity contribution >= 4 is 17.8 Å². The molecule has 0 aromatic heterocycles. The highest BCUT2D eigenvalue weighted by atomic mass is 16.4. The highest BCUT2D eigenvalue weighted by Crippen LogP contribution is 2.12. The minimum Gasteiger partial charge on any atom is -0.481 e. The number of amides is 2. The van der Waals surface area contributed by atoms with Gasteiger partial charge in [-0.2, -0.15) is 0 Å². The molecule has 0 spiro atoms. The van der Waals surface area contributed by atoms with Gasteiger partial charge in [-0.1, -0.05) is 13.8 Å². The number of carbonyl (C=O) groups excluding carboxylic acids is 2. The van der Waals surface area contributed by atoms with Crippen LogP contribution in [-0.2, 0) is 4.79 Å². The molecule has 2 N–H and O–H groups in total. The quantitative estimate of drug-likeness (QED) is 0.803. The summed E-state index contributed by atoms with van der Waals surface area (Å²) in [6.07, 6.45) is 0.506. The summed E-state index contributed by atoms with van der Waals surface area (Å²) in [4.78, 5) is 36.5. The van der Waals surface area contributed by atoms with Crippen LogP contribution < -0.4 is 5.32 Å². The third kappa shape index (κ3) is 5.73. The highest BCUT2D eigenvalue weighted by molar-refractivity contribution is 5.97. The predicted molar refractivity (Wildman–Crippen MR) is 87.4 cm³/mol. The SMILES string of the molecule is CC(C)CC(CNC(=O)c1ccc(C(=O)N(C)C)cc1)C(=O)O. The van der Waals surface area contributed by atoms with E-state index in [1.807, 2.05) is 13.8 Å². The molecule has 0 radical (unpaired) electrons. The molecule has 6 heteroatoms. The molecule has 6 nitrogen and oxygen atoms in total. The van der Waals surface area contributed by atoms with Crippen LogP contribution in [0.4, 0.5) is 0 Å². The van der Waals surface area contributed by atoms with Gasteiger partial charge in [-0.05, 0) is 36.6 Å². The zero-order valence-electron chi connectivity index (χ0n) is 14.0. The highest BCUT2D eigenvalue weighted by Gasteiger charge is 2.20. The third-order valence-corrected chi connectivity index (χ3v) is 3.41. The van der Waals surface area contributed by atoms with Crippen molar-refractivity contribution in [2.24, 2.45) is 11.8 Å². The van der Waals surface area contributed by atoms with Gasteiger partial charge in [-0.25, -0.2) is 0 Å². The maximum absolute atomic E-state index is 12.1. The number of nitrogens with zero attached hydrogens (tertiary/aromatic N) is 1. The first-order valence-corrected chi connectivity index (χ1v) is 7.55. The van der Waals surface area contributed by atoms with Crippen LogP contribution in [0.5, 0.6) is 0 Å². The molecule has 0 aliphatic heterocycles. The van der Waals surface area contributed by atoms with E-state index in [1.54, 1.807) is 38.4 Å². The molecule has 23 heavy (non-hydrogen) atoms. The van der Waals surface area contributed by atoms with Gasteiger partial charge in [0.1, 0.15) is 0 Å². The van der Waals surface area contributed by atoms with Gasteiger partial charge in [-0.15, -0.1) is 0 Å². The number of hydrogen-bond donors (Lipinski definition) is 2. The lowest BCUT2D eigenvalue weighted by Crippen LogP contribution is -2.33. The van der Waals surface area contributed by atoms with Crippen LogP contribution >= 0.6 is 0 Å². The van der Waals surface area contributed by atoms with Gasteiger partial charge < -0.3 is 15.3 Å². The van der Waals surface area contributed by atoms with E-state index in [9.17, 15) is 14.4 Å². The number of rotatable bonds is 7. The number of carboxylic acid groups (broad SMARTS) is 1. The second-order valence-corrected chi connectivity index (χ2v) is 6.15. The second-order valence-electron chi connectivity index (χ2n) is 6.15. The van der Waals surface area contributed by atoms with Crippen LogP contribution in [0.25, 0.3) is 0 Å². The summed E-state index contributed by atoms with van der Waals surface area (Å²) in [7, 11) is 3.31. The Labute approximate surface area is 136 Å². The third-order valence-electron chi connectivity index (χ3n) is 3.41. The molecule has 1 atom stereocenters. The fraction of sp³-hybridized carbons (Fsp3) is 0.471. The van der Waals surface area contributed by atoms with Crippen LogP contribution in [-0.4, -0.2) is 48.4 Å². The molecule has 0 bridgehead atoms. The lowest BCUT2D eigenvalue weighted by Gasteiger charge is -2.15. The largest absolute Gasteiger partial charge is 0.481 e. The molecule has 1 unspecified atom stereocenters. The Kier molecular flexibility index (Phi) is 6.75. The summed E-state index contributed by atoms with van der Waals surface area (Å²) < 4.78 is 0. The topological polar surface area (TPSA) is 86.7 Å². The number of aliphatic carboxylic acids is 1. The van der Waals surface area contributed by atoms with Crippen molar-refractivity contribution in [2.45, 2.75) is 20.3 Å². The molecule has 1 aromatic rings. The van der Waals surface area contributed by atoms with Crippen molar-refractivity contribution in [3.63, 3.8) is 0 Å². The average Bonchev–Trinajstić information content (AvgIpc) is 2.49. The molecule has 1 aromatic carbocycles. The molecule has 0 saturated carbocycles. The molecule has 0 heterocycles. The number of nitrogens with one attached hydrogen (secondary N) is 1. The summed E-state index contributed by atoms with van der Waals surface area (Å²) in [5, 5.41) is 11.8. The minimum atomic E-state index is -0.911. The predicted octanol–water partition coefficient (Wildman–Crippen LogP) is 1.87. The summed E-state index contributed by atoms with van der Waals surface area (Å²) >= 11 is 0. The van der Waals surface area contributed by atoms with Gasteiger partial charge in [0.25, 0.3) is 11.8 Å². The Hall–Kier alpha value is -2.37. The second kappa shape index (κ2) is 8.31. The van der Waals surface area contributed by atoms with Crippen molar-refractivity contribution in [3.05, 3.63) is 35.4 Å². The molecule has 126 valence electrons. The van der Waals surface area contributed by atoms with Gasteiger partial charge in [-0.3, -0.25) is 14.4 Å². The first-order valence-electron chi connectivity index (χ1n) is 7.55. The molecule has 0 aliphatic rings. The maximum Gasteiger partial charge on any atom is 0.308 e. The molecule has 1 rings (SSSR count). The summed E-state index contributed by atoms with van der Waals surface area (Å²) in [6.45, 7) is 3.97. The molecule has 0 fully saturated rings. The van der Waals surface area contributed by atoms with Gasteiger partial charge in [0.05, 0.1) is 5.92 Å². The zero-order chi connectivity index (χ0) is 17.6. The number of carboxylic acids is 1. The Balaban J connectivity index is 2.67. The maximum atomic E-state index is 12.1. The Morgan fingerprint density at radius 1 is 1.09 bits per heavy atom. The van der Waals surface area contributed by atoms with E-state index >= 15 is 0 Å². The van der Waals surface area contributed by atoms with Crippen LogP contribution in [0, 0.1) is 11.8 Å². The van der Waals surface area contributed by atoms with E-state index in [4.69, 9.17) is 5.11 Å². The van der Waals surface area contributed by atoms with Crippen LogP contribution in [0.1, 0.15) is 41.0 Å².